The number of hydrogen-bond donors (Lipinski definition) is 1. The summed E-state index contributed by atoms with van der Waals surface area (Å²) in [6.45, 7) is 0.837. The maximum Gasteiger partial charge on any atom is 0.233 e. The van der Waals surface area contributed by atoms with E-state index in [-0.39, 0.29) is 0 Å². The Kier molecular flexibility index (Phi) is 3.98. The Labute approximate surface area is 138 Å². The first-order valence-electron chi connectivity index (χ1n) is 7.63. The second kappa shape index (κ2) is 6.42. The number of aliphatic imine (C=N–C) groups is 1. The van der Waals surface area contributed by atoms with Gasteiger partial charge in [0.2, 0.25) is 5.78 Å². The number of fused-ring (bicyclic) bond motifs is 1. The first-order valence-corrected chi connectivity index (χ1v) is 8.62. The summed E-state index contributed by atoms with van der Waals surface area (Å²) in [4.78, 5) is 13.3. The third-order valence-electron chi connectivity index (χ3n) is 3.75. The van der Waals surface area contributed by atoms with Crippen LogP contribution in [0.4, 0.5) is 0 Å². The van der Waals surface area contributed by atoms with E-state index in [0.717, 1.165) is 35.4 Å². The van der Waals surface area contributed by atoms with Crippen molar-refractivity contribution in [1.29, 1.82) is 0 Å². The zero-order valence-corrected chi connectivity index (χ0v) is 13.4. The van der Waals surface area contributed by atoms with Crippen LogP contribution in [0.25, 0.3) is 5.78 Å². The van der Waals surface area contributed by atoms with Gasteiger partial charge in [0.25, 0.3) is 0 Å². The molecule has 0 amide bonds. The molecule has 0 fully saturated rings. The molecule has 1 N–H and O–H groups in total. The first kappa shape index (κ1) is 14.3. The van der Waals surface area contributed by atoms with E-state index in [2.05, 4.69) is 44.5 Å². The molecule has 1 aromatic carbocycles. The van der Waals surface area contributed by atoms with Crippen LogP contribution in [0.15, 0.2) is 60.0 Å². The van der Waals surface area contributed by atoms with Gasteiger partial charge in [0.15, 0.2) is 5.17 Å². The van der Waals surface area contributed by atoms with Crippen LogP contribution in [0.2, 0.25) is 0 Å². The van der Waals surface area contributed by atoms with Gasteiger partial charge in [-0.3, -0.25) is 9.39 Å². The minimum Gasteiger partial charge on any atom is -0.360 e. The molecule has 1 unspecified atom stereocenters. The highest BCUT2D eigenvalue weighted by Crippen LogP contribution is 2.17. The zero-order valence-electron chi connectivity index (χ0n) is 12.6. The number of rotatable bonds is 4. The van der Waals surface area contributed by atoms with Crippen molar-refractivity contribution in [2.75, 3.05) is 6.54 Å². The van der Waals surface area contributed by atoms with Crippen LogP contribution in [0.1, 0.15) is 11.3 Å². The Morgan fingerprint density at radius 2 is 2.13 bits per heavy atom. The normalized spacial score (nSPS) is 17.2. The molecule has 23 heavy (non-hydrogen) atoms. The van der Waals surface area contributed by atoms with Crippen LogP contribution < -0.4 is 5.32 Å². The SMILES string of the molecule is c1ccc(CC2CN=C(SCc3cn4cccnc4n3)N2)cc1. The van der Waals surface area contributed by atoms with Crippen LogP contribution >= 0.6 is 11.8 Å². The molecule has 2 aromatic heterocycles. The molecule has 0 radical (unpaired) electrons. The van der Waals surface area contributed by atoms with E-state index in [1.165, 1.54) is 5.56 Å². The lowest BCUT2D eigenvalue weighted by Gasteiger charge is -2.11. The third-order valence-corrected chi connectivity index (χ3v) is 4.71. The number of thioether (sulfide) groups is 1. The maximum absolute atomic E-state index is 4.60. The summed E-state index contributed by atoms with van der Waals surface area (Å²) in [6, 6.07) is 12.8. The molecular weight excluding hydrogens is 306 g/mol. The van der Waals surface area contributed by atoms with Gasteiger partial charge < -0.3 is 5.32 Å². The van der Waals surface area contributed by atoms with Gasteiger partial charge in [0.05, 0.1) is 18.3 Å². The predicted octanol–water partition coefficient (Wildman–Crippen LogP) is 2.53. The highest BCUT2D eigenvalue weighted by molar-refractivity contribution is 8.13. The lowest BCUT2D eigenvalue weighted by atomic mass is 10.1. The Hall–Kier alpha value is -2.34. The number of benzene rings is 1. The van der Waals surface area contributed by atoms with Gasteiger partial charge in [-0.1, -0.05) is 42.1 Å². The first-order chi connectivity index (χ1) is 11.4. The molecule has 3 heterocycles. The number of imidazole rings is 1. The molecule has 0 spiro atoms. The monoisotopic (exact) mass is 323 g/mol. The van der Waals surface area contributed by atoms with Gasteiger partial charge >= 0.3 is 0 Å². The Bertz CT molecular complexity index is 794. The van der Waals surface area contributed by atoms with Crippen LogP contribution in [-0.4, -0.2) is 32.1 Å². The van der Waals surface area contributed by atoms with E-state index < -0.39 is 0 Å². The average molecular weight is 323 g/mol. The van der Waals surface area contributed by atoms with Crippen LogP contribution in [0.3, 0.4) is 0 Å². The fraction of sp³-hybridized carbons (Fsp3) is 0.235. The second-order valence-corrected chi connectivity index (χ2v) is 6.49. The molecule has 6 heteroatoms. The average Bonchev–Trinajstić information content (AvgIpc) is 3.20. The fourth-order valence-corrected chi connectivity index (χ4v) is 3.49. The van der Waals surface area contributed by atoms with Crippen molar-refractivity contribution in [1.82, 2.24) is 19.7 Å². The minimum atomic E-state index is 0.391. The summed E-state index contributed by atoms with van der Waals surface area (Å²) in [5.41, 5.74) is 2.36. The summed E-state index contributed by atoms with van der Waals surface area (Å²) in [5, 5.41) is 4.52. The molecule has 5 nitrogen and oxygen atoms in total. The van der Waals surface area contributed by atoms with Gasteiger partial charge in [-0.15, -0.1) is 0 Å². The molecule has 3 aromatic rings. The van der Waals surface area contributed by atoms with E-state index in [1.54, 1.807) is 18.0 Å². The van der Waals surface area contributed by atoms with Crippen molar-refractivity contribution in [2.45, 2.75) is 18.2 Å². The number of hydrogen-bond acceptors (Lipinski definition) is 5. The Balaban J connectivity index is 1.32. The number of nitrogens with zero attached hydrogens (tertiary/aromatic N) is 4. The Morgan fingerprint density at radius 1 is 1.22 bits per heavy atom. The minimum absolute atomic E-state index is 0.391. The van der Waals surface area contributed by atoms with E-state index in [9.17, 15) is 0 Å². The van der Waals surface area contributed by atoms with Crippen molar-refractivity contribution in [3.05, 3.63) is 66.2 Å². The molecule has 0 bridgehead atoms. The summed E-state index contributed by atoms with van der Waals surface area (Å²) >= 11 is 1.70. The molecule has 1 aliphatic rings. The highest BCUT2D eigenvalue weighted by atomic mass is 32.2. The maximum atomic E-state index is 4.60. The van der Waals surface area contributed by atoms with Crippen molar-refractivity contribution in [3.8, 4) is 0 Å². The van der Waals surface area contributed by atoms with Crippen molar-refractivity contribution >= 4 is 22.7 Å². The standard InChI is InChI=1S/C17H17N5S/c1-2-5-13(6-3-1)9-14-10-19-17(21-14)23-12-15-11-22-8-4-7-18-16(22)20-15/h1-8,11,14H,9-10,12H2,(H,19,21). The Morgan fingerprint density at radius 3 is 3.00 bits per heavy atom. The van der Waals surface area contributed by atoms with Crippen molar-refractivity contribution in [3.63, 3.8) is 0 Å². The molecule has 0 saturated heterocycles. The van der Waals surface area contributed by atoms with Gasteiger partial charge in [-0.2, -0.15) is 0 Å². The van der Waals surface area contributed by atoms with Crippen molar-refractivity contribution in [2.24, 2.45) is 4.99 Å². The van der Waals surface area contributed by atoms with E-state index in [1.807, 2.05) is 28.9 Å². The highest BCUT2D eigenvalue weighted by Gasteiger charge is 2.18. The van der Waals surface area contributed by atoms with Crippen LogP contribution in [0, 0.1) is 0 Å². The van der Waals surface area contributed by atoms with E-state index >= 15 is 0 Å². The third kappa shape index (κ3) is 3.37. The number of amidine groups is 1. The number of nitrogens with one attached hydrogen (secondary N) is 1. The molecule has 0 saturated carbocycles. The van der Waals surface area contributed by atoms with E-state index in [4.69, 9.17) is 0 Å². The second-order valence-electron chi connectivity index (χ2n) is 5.52. The van der Waals surface area contributed by atoms with Gasteiger partial charge in [0.1, 0.15) is 0 Å². The topological polar surface area (TPSA) is 54.6 Å². The summed E-state index contributed by atoms with van der Waals surface area (Å²) in [6.07, 6.45) is 6.75. The fourth-order valence-electron chi connectivity index (χ4n) is 2.65. The van der Waals surface area contributed by atoms with Crippen molar-refractivity contribution < 1.29 is 0 Å². The van der Waals surface area contributed by atoms with Gasteiger partial charge in [-0.25, -0.2) is 9.97 Å². The lowest BCUT2D eigenvalue weighted by molar-refractivity contribution is 0.656. The molecule has 1 atom stereocenters. The largest absolute Gasteiger partial charge is 0.360 e. The molecule has 1 aliphatic heterocycles. The smallest absolute Gasteiger partial charge is 0.233 e. The molecule has 116 valence electrons. The summed E-state index contributed by atoms with van der Waals surface area (Å²) in [5.74, 6) is 1.54. The van der Waals surface area contributed by atoms with Crippen LogP contribution in [0.5, 0.6) is 0 Å². The predicted molar refractivity (Wildman–Crippen MR) is 93.7 cm³/mol. The summed E-state index contributed by atoms with van der Waals surface area (Å²) in [7, 11) is 0. The lowest BCUT2D eigenvalue weighted by Crippen LogP contribution is -2.30. The number of aromatic nitrogens is 3. The zero-order chi connectivity index (χ0) is 15.5. The van der Waals surface area contributed by atoms with Gasteiger partial charge in [0, 0.05) is 24.3 Å². The molecular formula is C17H17N5S. The van der Waals surface area contributed by atoms with Gasteiger partial charge in [-0.05, 0) is 18.1 Å². The molecule has 4 rings (SSSR count). The van der Waals surface area contributed by atoms with E-state index in [0.29, 0.717) is 6.04 Å². The summed E-state index contributed by atoms with van der Waals surface area (Å²) < 4.78 is 1.94. The van der Waals surface area contributed by atoms with Crippen LogP contribution in [-0.2, 0) is 12.2 Å². The molecule has 0 aliphatic carbocycles. The quantitative estimate of drug-likeness (QED) is 0.802.